The van der Waals surface area contributed by atoms with E-state index in [0.29, 0.717) is 11.4 Å². The molecule has 0 radical (unpaired) electrons. The van der Waals surface area contributed by atoms with Gasteiger partial charge in [-0.2, -0.15) is 13.2 Å². The lowest BCUT2D eigenvalue weighted by Gasteiger charge is -2.09. The number of hydrogen-bond donors (Lipinski definition) is 2. The predicted molar refractivity (Wildman–Crippen MR) is 80.3 cm³/mol. The fourth-order valence-electron chi connectivity index (χ4n) is 2.06. The van der Waals surface area contributed by atoms with Crippen LogP contribution in [0.25, 0.3) is 0 Å². The molecule has 0 bridgehead atoms. The third-order valence-corrected chi connectivity index (χ3v) is 4.12. The highest BCUT2D eigenvalue weighted by Gasteiger charge is 2.33. The summed E-state index contributed by atoms with van der Waals surface area (Å²) in [6.07, 6.45) is -4.46. The van der Waals surface area contributed by atoms with Crippen molar-refractivity contribution < 1.29 is 22.9 Å². The van der Waals surface area contributed by atoms with Crippen molar-refractivity contribution in [1.29, 1.82) is 0 Å². The lowest BCUT2D eigenvalue weighted by atomic mass is 9.98. The Balaban J connectivity index is 1.73. The molecule has 0 aliphatic rings. The number of thiazole rings is 1. The smallest absolute Gasteiger partial charge is 0.434 e. The van der Waals surface area contributed by atoms with Crippen molar-refractivity contribution in [1.82, 2.24) is 15.3 Å². The van der Waals surface area contributed by atoms with Crippen LogP contribution >= 0.6 is 11.3 Å². The van der Waals surface area contributed by atoms with E-state index < -0.39 is 11.9 Å². The molecule has 0 aliphatic carbocycles. The Labute approximate surface area is 137 Å². The van der Waals surface area contributed by atoms with Crippen LogP contribution in [0.5, 0.6) is 5.88 Å². The summed E-state index contributed by atoms with van der Waals surface area (Å²) >= 11 is 0.876. The van der Waals surface area contributed by atoms with Gasteiger partial charge in [0.2, 0.25) is 0 Å². The molecule has 0 fully saturated rings. The number of nitrogens with zero attached hydrogens (tertiary/aromatic N) is 3. The molecule has 0 saturated carbocycles. The maximum atomic E-state index is 12.5. The molecule has 126 valence electrons. The molecule has 2 N–H and O–H groups in total. The van der Waals surface area contributed by atoms with E-state index in [9.17, 15) is 18.3 Å². The molecule has 0 saturated heterocycles. The van der Waals surface area contributed by atoms with Gasteiger partial charge in [-0.05, 0) is 22.9 Å². The van der Waals surface area contributed by atoms with Crippen LogP contribution in [-0.2, 0) is 6.18 Å². The Morgan fingerprint density at radius 1 is 1.21 bits per heavy atom. The Morgan fingerprint density at radius 2 is 1.92 bits per heavy atom. The Bertz CT molecular complexity index is 829. The first-order valence-corrected chi connectivity index (χ1v) is 7.63. The monoisotopic (exact) mass is 356 g/mol. The van der Waals surface area contributed by atoms with E-state index in [1.54, 1.807) is 24.3 Å². The minimum absolute atomic E-state index is 0.154. The average Bonchev–Trinajstić information content (AvgIpc) is 3.16. The molecule has 24 heavy (non-hydrogen) atoms. The van der Waals surface area contributed by atoms with Crippen LogP contribution in [0.4, 0.5) is 24.0 Å². The predicted octanol–water partition coefficient (Wildman–Crippen LogP) is 4.15. The van der Waals surface area contributed by atoms with Gasteiger partial charge in [0, 0.05) is 17.0 Å². The maximum Gasteiger partial charge on any atom is 0.434 e. The average molecular weight is 356 g/mol. The number of hydrogen-bond acceptors (Lipinski definition) is 7. The molecule has 6 nitrogen and oxygen atoms in total. The van der Waals surface area contributed by atoms with Gasteiger partial charge in [0.25, 0.3) is 5.88 Å². The van der Waals surface area contributed by atoms with E-state index in [1.165, 1.54) is 0 Å². The molecule has 2 aromatic heterocycles. The van der Waals surface area contributed by atoms with Crippen LogP contribution < -0.4 is 5.32 Å². The van der Waals surface area contributed by atoms with E-state index in [4.69, 9.17) is 0 Å². The number of benzene rings is 1. The quantitative estimate of drug-likeness (QED) is 0.731. The molecule has 1 unspecified atom stereocenters. The van der Waals surface area contributed by atoms with Crippen molar-refractivity contribution >= 4 is 22.2 Å². The second kappa shape index (κ2) is 6.11. The zero-order chi connectivity index (χ0) is 17.3. The fraction of sp³-hybridized carbons (Fsp3) is 0.214. The Kier molecular flexibility index (Phi) is 4.14. The molecule has 10 heteroatoms. The van der Waals surface area contributed by atoms with Crippen LogP contribution in [-0.4, -0.2) is 20.4 Å². The second-order valence-corrected chi connectivity index (χ2v) is 5.84. The van der Waals surface area contributed by atoms with Crippen molar-refractivity contribution in [2.45, 2.75) is 19.0 Å². The van der Waals surface area contributed by atoms with Gasteiger partial charge >= 0.3 is 6.18 Å². The Hall–Kier alpha value is -2.62. The van der Waals surface area contributed by atoms with E-state index >= 15 is 0 Å². The summed E-state index contributed by atoms with van der Waals surface area (Å²) in [6.45, 7) is 1.82. The van der Waals surface area contributed by atoms with Crippen molar-refractivity contribution in [2.75, 3.05) is 5.32 Å². The molecule has 3 aromatic rings. The summed E-state index contributed by atoms with van der Waals surface area (Å²) in [4.78, 5) is 3.51. The van der Waals surface area contributed by atoms with Crippen molar-refractivity contribution in [2.24, 2.45) is 0 Å². The molecule has 3 rings (SSSR count). The largest absolute Gasteiger partial charge is 0.490 e. The van der Waals surface area contributed by atoms with Crippen LogP contribution in [0.1, 0.15) is 29.8 Å². The molecular weight excluding hydrogens is 345 g/mol. The van der Waals surface area contributed by atoms with Gasteiger partial charge in [-0.3, -0.25) is 0 Å². The zero-order valence-electron chi connectivity index (χ0n) is 12.2. The minimum Gasteiger partial charge on any atom is -0.490 e. The van der Waals surface area contributed by atoms with E-state index in [0.717, 1.165) is 22.3 Å². The van der Waals surface area contributed by atoms with Gasteiger partial charge in [0.05, 0.1) is 0 Å². The highest BCUT2D eigenvalue weighted by molar-refractivity contribution is 7.13. The van der Waals surface area contributed by atoms with Crippen LogP contribution in [0.15, 0.2) is 34.3 Å². The van der Waals surface area contributed by atoms with E-state index in [2.05, 4.69) is 25.2 Å². The fourth-order valence-corrected chi connectivity index (χ4v) is 2.80. The number of alkyl halides is 3. The SMILES string of the molecule is CC(c1ccc(Nc2nc(C(F)(F)F)cs2)cc1)c1nonc1O. The van der Waals surface area contributed by atoms with Crippen LogP contribution in [0, 0.1) is 0 Å². The third kappa shape index (κ3) is 3.32. The minimum atomic E-state index is -4.46. The first-order valence-electron chi connectivity index (χ1n) is 6.75. The molecule has 0 spiro atoms. The lowest BCUT2D eigenvalue weighted by Crippen LogP contribution is -2.05. The first-order chi connectivity index (χ1) is 11.3. The first kappa shape index (κ1) is 16.2. The van der Waals surface area contributed by atoms with Gasteiger partial charge in [-0.1, -0.05) is 24.2 Å². The van der Waals surface area contributed by atoms with Gasteiger partial charge in [0.1, 0.15) is 0 Å². The molecule has 1 aromatic carbocycles. The maximum absolute atomic E-state index is 12.5. The van der Waals surface area contributed by atoms with Gasteiger partial charge in [0.15, 0.2) is 16.5 Å². The zero-order valence-corrected chi connectivity index (χ0v) is 13.0. The Morgan fingerprint density at radius 3 is 2.46 bits per heavy atom. The topological polar surface area (TPSA) is 84.1 Å². The van der Waals surface area contributed by atoms with Gasteiger partial charge in [-0.15, -0.1) is 11.3 Å². The number of rotatable bonds is 4. The van der Waals surface area contributed by atoms with Crippen molar-refractivity contribution in [3.63, 3.8) is 0 Å². The normalized spacial score (nSPS) is 13.0. The third-order valence-electron chi connectivity index (χ3n) is 3.36. The lowest BCUT2D eigenvalue weighted by molar-refractivity contribution is -0.140. The number of halogens is 3. The van der Waals surface area contributed by atoms with Crippen LogP contribution in [0.2, 0.25) is 0 Å². The number of nitrogens with one attached hydrogen (secondary N) is 1. The highest BCUT2D eigenvalue weighted by Crippen LogP contribution is 2.33. The van der Waals surface area contributed by atoms with E-state index in [1.807, 2.05) is 6.92 Å². The van der Waals surface area contributed by atoms with E-state index in [-0.39, 0.29) is 16.9 Å². The van der Waals surface area contributed by atoms with Crippen molar-refractivity contribution in [3.8, 4) is 5.88 Å². The summed E-state index contributed by atoms with van der Waals surface area (Å²) < 4.78 is 42.0. The van der Waals surface area contributed by atoms with Gasteiger partial charge in [-0.25, -0.2) is 9.61 Å². The number of aromatic nitrogens is 3. The summed E-state index contributed by atoms with van der Waals surface area (Å²) in [5.41, 5.74) is 0.817. The second-order valence-electron chi connectivity index (χ2n) is 4.98. The molecule has 1 atom stereocenters. The van der Waals surface area contributed by atoms with Gasteiger partial charge < -0.3 is 10.4 Å². The molecular formula is C14H11F3N4O2S. The number of aromatic hydroxyl groups is 1. The number of anilines is 2. The highest BCUT2D eigenvalue weighted by atomic mass is 32.1. The molecule has 0 amide bonds. The molecule has 2 heterocycles. The summed E-state index contributed by atoms with van der Waals surface area (Å²) in [7, 11) is 0. The summed E-state index contributed by atoms with van der Waals surface area (Å²) in [5.74, 6) is -0.519. The summed E-state index contributed by atoms with van der Waals surface area (Å²) in [6, 6.07) is 6.93. The summed E-state index contributed by atoms with van der Waals surface area (Å²) in [5, 5.41) is 20.4. The standard InChI is InChI=1S/C14H11F3N4O2S/c1-7(11-12(22)21-23-20-11)8-2-4-9(5-3-8)18-13-19-10(6-24-13)14(15,16)17/h2-7H,1H3,(H,18,19)(H,21,22). The molecule has 0 aliphatic heterocycles. The van der Waals surface area contributed by atoms with Crippen LogP contribution in [0.3, 0.4) is 0 Å². The van der Waals surface area contributed by atoms with Crippen molar-refractivity contribution in [3.05, 3.63) is 46.6 Å².